The van der Waals surface area contributed by atoms with Crippen molar-refractivity contribution < 1.29 is 17.6 Å². The summed E-state index contributed by atoms with van der Waals surface area (Å²) in [6.07, 6.45) is 0.0445. The molecule has 0 saturated carbocycles. The summed E-state index contributed by atoms with van der Waals surface area (Å²) in [5.74, 6) is -0.909. The van der Waals surface area contributed by atoms with Crippen LogP contribution in [0.4, 0.5) is 15.8 Å². The van der Waals surface area contributed by atoms with Gasteiger partial charge in [-0.3, -0.25) is 9.52 Å². The van der Waals surface area contributed by atoms with Crippen LogP contribution < -0.4 is 14.8 Å². The fraction of sp³-hybridized carbons (Fsp3) is 0.222. The van der Waals surface area contributed by atoms with Gasteiger partial charge in [0, 0.05) is 13.1 Å². The Bertz CT molecular complexity index is 600. The second-order valence-electron chi connectivity index (χ2n) is 3.74. The molecule has 1 aromatic rings. The van der Waals surface area contributed by atoms with Gasteiger partial charge >= 0.3 is 0 Å². The predicted molar refractivity (Wildman–Crippen MR) is 60.2 cm³/mol. The number of anilines is 2. The number of halogens is 1. The van der Waals surface area contributed by atoms with Crippen LogP contribution in [-0.2, 0) is 21.4 Å². The lowest BCUT2D eigenvalue weighted by Gasteiger charge is -2.12. The molecule has 0 fully saturated rings. The van der Waals surface area contributed by atoms with E-state index in [4.69, 9.17) is 5.14 Å². The molecule has 92 valence electrons. The van der Waals surface area contributed by atoms with E-state index in [0.29, 0.717) is 5.56 Å². The first-order chi connectivity index (χ1) is 7.78. The van der Waals surface area contributed by atoms with Crippen molar-refractivity contribution in [2.75, 3.05) is 16.7 Å². The van der Waals surface area contributed by atoms with Crippen LogP contribution in [0, 0.1) is 5.82 Å². The molecule has 1 aromatic carbocycles. The largest absolute Gasteiger partial charge is 0.312 e. The van der Waals surface area contributed by atoms with Crippen molar-refractivity contribution in [2.45, 2.75) is 6.42 Å². The SMILES string of the molecule is CN1C(=O)Cc2cc(NS(N)(=O)=O)cc(F)c21. The van der Waals surface area contributed by atoms with Gasteiger partial charge in [-0.2, -0.15) is 8.42 Å². The monoisotopic (exact) mass is 259 g/mol. The van der Waals surface area contributed by atoms with Gasteiger partial charge in [0.2, 0.25) is 5.91 Å². The second kappa shape index (κ2) is 3.67. The third-order valence-electron chi connectivity index (χ3n) is 2.45. The van der Waals surface area contributed by atoms with E-state index in [-0.39, 0.29) is 23.7 Å². The van der Waals surface area contributed by atoms with Crippen LogP contribution in [0.5, 0.6) is 0 Å². The quantitative estimate of drug-likeness (QED) is 0.780. The van der Waals surface area contributed by atoms with Crippen molar-refractivity contribution in [1.29, 1.82) is 0 Å². The Morgan fingerprint density at radius 3 is 2.71 bits per heavy atom. The number of likely N-dealkylation sites (N-methyl/N-ethyl adjacent to an activating group) is 1. The van der Waals surface area contributed by atoms with Crippen LogP contribution in [0.15, 0.2) is 12.1 Å². The van der Waals surface area contributed by atoms with Crippen molar-refractivity contribution in [3.05, 3.63) is 23.5 Å². The summed E-state index contributed by atoms with van der Waals surface area (Å²) in [6.45, 7) is 0. The summed E-state index contributed by atoms with van der Waals surface area (Å²) < 4.78 is 37.3. The van der Waals surface area contributed by atoms with Gasteiger partial charge in [-0.05, 0) is 11.6 Å². The van der Waals surface area contributed by atoms with Crippen molar-refractivity contribution in [2.24, 2.45) is 5.14 Å². The molecule has 0 radical (unpaired) electrons. The van der Waals surface area contributed by atoms with E-state index in [0.717, 1.165) is 6.07 Å². The van der Waals surface area contributed by atoms with Crippen LogP contribution >= 0.6 is 0 Å². The highest BCUT2D eigenvalue weighted by Gasteiger charge is 2.28. The first kappa shape index (κ1) is 11.8. The smallest absolute Gasteiger partial charge is 0.296 e. The molecule has 8 heteroatoms. The summed E-state index contributed by atoms with van der Waals surface area (Å²) in [6, 6.07) is 2.38. The predicted octanol–water partition coefficient (Wildman–Crippen LogP) is -0.0400. The van der Waals surface area contributed by atoms with Crippen LogP contribution in [0.3, 0.4) is 0 Å². The standard InChI is InChI=1S/C9H10FN3O3S/c1-13-8(14)3-5-2-6(12-17(11,15)16)4-7(10)9(5)13/h2,4,12H,3H2,1H3,(H2,11,15,16). The molecule has 1 aliphatic heterocycles. The lowest BCUT2D eigenvalue weighted by atomic mass is 10.1. The highest BCUT2D eigenvalue weighted by Crippen LogP contribution is 2.33. The van der Waals surface area contributed by atoms with E-state index in [1.807, 2.05) is 4.72 Å². The molecule has 2 rings (SSSR count). The van der Waals surface area contributed by atoms with Crippen LogP contribution in [0.25, 0.3) is 0 Å². The summed E-state index contributed by atoms with van der Waals surface area (Å²) in [5.41, 5.74) is 0.616. The number of hydrogen-bond acceptors (Lipinski definition) is 3. The van der Waals surface area contributed by atoms with Gasteiger partial charge in [-0.25, -0.2) is 9.53 Å². The number of nitrogens with two attached hydrogens (primary N) is 1. The molecule has 0 unspecified atom stereocenters. The topological polar surface area (TPSA) is 92.5 Å². The third kappa shape index (κ3) is 2.22. The van der Waals surface area contributed by atoms with Crippen molar-refractivity contribution in [3.63, 3.8) is 0 Å². The molecular formula is C9H10FN3O3S. The van der Waals surface area contributed by atoms with E-state index in [1.165, 1.54) is 18.0 Å². The van der Waals surface area contributed by atoms with E-state index < -0.39 is 16.0 Å². The Hall–Kier alpha value is -1.67. The molecule has 6 nitrogen and oxygen atoms in total. The van der Waals surface area contributed by atoms with Gasteiger partial charge in [0.05, 0.1) is 17.8 Å². The number of carbonyl (C=O) groups excluding carboxylic acids is 1. The van der Waals surface area contributed by atoms with Crippen LogP contribution in [-0.4, -0.2) is 21.4 Å². The number of rotatable bonds is 2. The molecule has 0 spiro atoms. The highest BCUT2D eigenvalue weighted by molar-refractivity contribution is 7.90. The number of benzene rings is 1. The van der Waals surface area contributed by atoms with E-state index >= 15 is 0 Å². The summed E-state index contributed by atoms with van der Waals surface area (Å²) in [5, 5.41) is 4.78. The fourth-order valence-corrected chi connectivity index (χ4v) is 2.24. The zero-order valence-electron chi connectivity index (χ0n) is 8.90. The minimum Gasteiger partial charge on any atom is -0.312 e. The molecule has 1 amide bonds. The van der Waals surface area contributed by atoms with Gasteiger partial charge in [-0.15, -0.1) is 0 Å². The Labute approximate surface area is 97.4 Å². The van der Waals surface area contributed by atoms with Crippen molar-refractivity contribution in [1.82, 2.24) is 0 Å². The average Bonchev–Trinajstić information content (AvgIpc) is 2.39. The summed E-state index contributed by atoms with van der Waals surface area (Å²) >= 11 is 0. The van der Waals surface area contributed by atoms with Gasteiger partial charge in [0.1, 0.15) is 5.82 Å². The molecule has 1 heterocycles. The third-order valence-corrected chi connectivity index (χ3v) is 2.97. The van der Waals surface area contributed by atoms with Gasteiger partial charge in [-0.1, -0.05) is 0 Å². The molecular weight excluding hydrogens is 249 g/mol. The lowest BCUT2D eigenvalue weighted by Crippen LogP contribution is -2.22. The number of nitrogens with zero attached hydrogens (tertiary/aromatic N) is 1. The maximum atomic E-state index is 13.7. The summed E-state index contributed by atoms with van der Waals surface area (Å²) in [7, 11) is -2.49. The normalized spacial score (nSPS) is 15.0. The minimum atomic E-state index is -3.95. The average molecular weight is 259 g/mol. The Balaban J connectivity index is 2.47. The maximum Gasteiger partial charge on any atom is 0.296 e. The van der Waals surface area contributed by atoms with Crippen LogP contribution in [0.1, 0.15) is 5.56 Å². The molecule has 0 aliphatic carbocycles. The Morgan fingerprint density at radius 2 is 2.12 bits per heavy atom. The second-order valence-corrected chi connectivity index (χ2v) is 5.04. The Morgan fingerprint density at radius 1 is 1.47 bits per heavy atom. The minimum absolute atomic E-state index is 0.00634. The van der Waals surface area contributed by atoms with Crippen molar-refractivity contribution >= 4 is 27.5 Å². The molecule has 0 atom stereocenters. The van der Waals surface area contributed by atoms with Gasteiger partial charge in [0.15, 0.2) is 0 Å². The molecule has 0 aromatic heterocycles. The van der Waals surface area contributed by atoms with E-state index in [9.17, 15) is 17.6 Å². The lowest BCUT2D eigenvalue weighted by molar-refractivity contribution is -0.117. The summed E-state index contributed by atoms with van der Waals surface area (Å²) in [4.78, 5) is 12.6. The molecule has 17 heavy (non-hydrogen) atoms. The first-order valence-electron chi connectivity index (χ1n) is 4.67. The fourth-order valence-electron chi connectivity index (χ4n) is 1.80. The number of carbonyl (C=O) groups is 1. The highest BCUT2D eigenvalue weighted by atomic mass is 32.2. The maximum absolute atomic E-state index is 13.7. The molecule has 1 aliphatic rings. The number of fused-ring (bicyclic) bond motifs is 1. The zero-order chi connectivity index (χ0) is 12.8. The van der Waals surface area contributed by atoms with Gasteiger partial charge in [0.25, 0.3) is 10.2 Å². The molecule has 3 N–H and O–H groups in total. The van der Waals surface area contributed by atoms with Crippen LogP contribution in [0.2, 0.25) is 0 Å². The molecule has 0 bridgehead atoms. The Kier molecular flexibility index (Phi) is 2.55. The molecule has 0 saturated heterocycles. The number of nitrogens with one attached hydrogen (secondary N) is 1. The number of hydrogen-bond donors (Lipinski definition) is 2. The number of amides is 1. The van der Waals surface area contributed by atoms with E-state index in [1.54, 1.807) is 0 Å². The first-order valence-corrected chi connectivity index (χ1v) is 6.22. The van der Waals surface area contributed by atoms with Crippen molar-refractivity contribution in [3.8, 4) is 0 Å². The van der Waals surface area contributed by atoms with E-state index in [2.05, 4.69) is 0 Å². The zero-order valence-corrected chi connectivity index (χ0v) is 9.71. The van der Waals surface area contributed by atoms with Gasteiger partial charge < -0.3 is 4.90 Å².